The van der Waals surface area contributed by atoms with Crippen molar-refractivity contribution in [3.05, 3.63) is 0 Å². The molecular weight excluding hydrogens is 150 g/mol. The Morgan fingerprint density at radius 3 is 2.75 bits per heavy atom. The number of rotatable bonds is 3. The first-order valence-corrected chi connectivity index (χ1v) is 5.17. The van der Waals surface area contributed by atoms with E-state index in [1.165, 1.54) is 12.8 Å². The number of aliphatic hydroxyl groups excluding tert-OH is 1. The molecule has 0 amide bonds. The van der Waals surface area contributed by atoms with Crippen LogP contribution in [0.15, 0.2) is 0 Å². The summed E-state index contributed by atoms with van der Waals surface area (Å²) in [5.41, 5.74) is 0. The van der Waals surface area contributed by atoms with E-state index in [2.05, 4.69) is 19.2 Å². The van der Waals surface area contributed by atoms with Crippen LogP contribution in [0.2, 0.25) is 0 Å². The van der Waals surface area contributed by atoms with Crippen molar-refractivity contribution in [2.45, 2.75) is 51.7 Å². The molecule has 2 heteroatoms. The predicted octanol–water partition coefficient (Wildman–Crippen LogP) is 1.54. The van der Waals surface area contributed by atoms with Crippen molar-refractivity contribution < 1.29 is 5.11 Å². The molecule has 1 saturated heterocycles. The molecule has 0 spiro atoms. The number of hydrogen-bond donors (Lipinski definition) is 2. The van der Waals surface area contributed by atoms with Gasteiger partial charge in [-0.25, -0.2) is 0 Å². The van der Waals surface area contributed by atoms with Gasteiger partial charge in [0.1, 0.15) is 0 Å². The molecule has 0 bridgehead atoms. The summed E-state index contributed by atoms with van der Waals surface area (Å²) >= 11 is 0. The molecule has 2 nitrogen and oxygen atoms in total. The van der Waals surface area contributed by atoms with Crippen LogP contribution in [0.3, 0.4) is 0 Å². The third-order valence-electron chi connectivity index (χ3n) is 2.99. The van der Waals surface area contributed by atoms with Gasteiger partial charge in [-0.05, 0) is 25.3 Å². The van der Waals surface area contributed by atoms with Crippen molar-refractivity contribution >= 4 is 0 Å². The third kappa shape index (κ3) is 2.46. The van der Waals surface area contributed by atoms with Crippen LogP contribution >= 0.6 is 0 Å². The van der Waals surface area contributed by atoms with Crippen LogP contribution in [-0.4, -0.2) is 23.8 Å². The molecule has 1 rings (SSSR count). The second-order valence-corrected chi connectivity index (χ2v) is 3.93. The van der Waals surface area contributed by atoms with Crippen molar-refractivity contribution in [2.75, 3.05) is 6.54 Å². The fraction of sp³-hybridized carbons (Fsp3) is 1.00. The van der Waals surface area contributed by atoms with Crippen LogP contribution < -0.4 is 5.32 Å². The molecule has 1 aliphatic rings. The van der Waals surface area contributed by atoms with E-state index >= 15 is 0 Å². The minimum Gasteiger partial charge on any atom is -0.391 e. The zero-order valence-electron chi connectivity index (χ0n) is 8.21. The first-order valence-electron chi connectivity index (χ1n) is 5.17. The van der Waals surface area contributed by atoms with Crippen molar-refractivity contribution in [3.63, 3.8) is 0 Å². The Labute approximate surface area is 75.4 Å². The Balaban J connectivity index is 2.33. The quantitative estimate of drug-likeness (QED) is 0.675. The van der Waals surface area contributed by atoms with Gasteiger partial charge in [0.2, 0.25) is 0 Å². The van der Waals surface area contributed by atoms with Crippen LogP contribution in [0.5, 0.6) is 0 Å². The summed E-state index contributed by atoms with van der Waals surface area (Å²) in [6, 6.07) is 0.355. The van der Waals surface area contributed by atoms with Crippen LogP contribution in [0, 0.1) is 5.92 Å². The van der Waals surface area contributed by atoms with Gasteiger partial charge in [0.25, 0.3) is 0 Å². The Kier molecular flexibility index (Phi) is 4.02. The fourth-order valence-electron chi connectivity index (χ4n) is 1.81. The van der Waals surface area contributed by atoms with Gasteiger partial charge in [0.05, 0.1) is 6.10 Å². The van der Waals surface area contributed by atoms with E-state index in [1.807, 2.05) is 0 Å². The topological polar surface area (TPSA) is 32.3 Å². The van der Waals surface area contributed by atoms with Gasteiger partial charge >= 0.3 is 0 Å². The number of piperidine rings is 1. The molecule has 1 heterocycles. The summed E-state index contributed by atoms with van der Waals surface area (Å²) in [4.78, 5) is 0. The first-order chi connectivity index (χ1) is 5.75. The molecule has 0 aromatic carbocycles. The average molecular weight is 171 g/mol. The minimum atomic E-state index is -0.143. The lowest BCUT2D eigenvalue weighted by Crippen LogP contribution is -2.45. The van der Waals surface area contributed by atoms with Gasteiger partial charge in [0, 0.05) is 6.04 Å². The largest absolute Gasteiger partial charge is 0.391 e. The molecule has 1 aliphatic heterocycles. The summed E-state index contributed by atoms with van der Waals surface area (Å²) in [5.74, 6) is 0.431. The zero-order chi connectivity index (χ0) is 8.97. The molecule has 72 valence electrons. The van der Waals surface area contributed by atoms with Crippen molar-refractivity contribution in [2.24, 2.45) is 5.92 Å². The van der Waals surface area contributed by atoms with E-state index in [4.69, 9.17) is 0 Å². The molecule has 0 aliphatic carbocycles. The molecule has 0 aromatic heterocycles. The number of hydrogen-bond acceptors (Lipinski definition) is 2. The first kappa shape index (κ1) is 10.0. The van der Waals surface area contributed by atoms with Crippen LogP contribution in [-0.2, 0) is 0 Å². The highest BCUT2D eigenvalue weighted by molar-refractivity contribution is 4.81. The lowest BCUT2D eigenvalue weighted by Gasteiger charge is -2.31. The second kappa shape index (κ2) is 4.83. The Morgan fingerprint density at radius 2 is 2.25 bits per heavy atom. The van der Waals surface area contributed by atoms with Crippen molar-refractivity contribution in [1.82, 2.24) is 5.32 Å². The van der Waals surface area contributed by atoms with Crippen LogP contribution in [0.25, 0.3) is 0 Å². The summed E-state index contributed by atoms with van der Waals surface area (Å²) in [5, 5.41) is 13.3. The maximum Gasteiger partial charge on any atom is 0.0718 e. The number of aliphatic hydroxyl groups is 1. The van der Waals surface area contributed by atoms with Gasteiger partial charge in [-0.1, -0.05) is 26.7 Å². The van der Waals surface area contributed by atoms with E-state index in [1.54, 1.807) is 0 Å². The van der Waals surface area contributed by atoms with Crippen molar-refractivity contribution in [1.29, 1.82) is 0 Å². The summed E-state index contributed by atoms with van der Waals surface area (Å²) < 4.78 is 0. The lowest BCUT2D eigenvalue weighted by atomic mass is 9.90. The van der Waals surface area contributed by atoms with Crippen LogP contribution in [0.1, 0.15) is 39.5 Å². The normalized spacial score (nSPS) is 29.8. The second-order valence-electron chi connectivity index (χ2n) is 3.93. The molecule has 2 N–H and O–H groups in total. The zero-order valence-corrected chi connectivity index (χ0v) is 8.21. The number of nitrogens with one attached hydrogen (secondary N) is 1. The van der Waals surface area contributed by atoms with E-state index < -0.39 is 0 Å². The standard InChI is InChI=1S/C10H21NO/c1-3-8(2)10(12)9-6-4-5-7-11-9/h8-12H,3-7H2,1-2H3. The molecule has 1 fully saturated rings. The van der Waals surface area contributed by atoms with E-state index in [9.17, 15) is 5.11 Å². The molecule has 12 heavy (non-hydrogen) atoms. The van der Waals surface area contributed by atoms with E-state index in [-0.39, 0.29) is 6.10 Å². The predicted molar refractivity (Wildman–Crippen MR) is 51.1 cm³/mol. The summed E-state index contributed by atoms with van der Waals surface area (Å²) in [6.07, 6.45) is 4.61. The Bertz CT molecular complexity index is 121. The van der Waals surface area contributed by atoms with Gasteiger partial charge in [-0.15, -0.1) is 0 Å². The molecule has 0 saturated carbocycles. The van der Waals surface area contributed by atoms with E-state index in [0.29, 0.717) is 12.0 Å². The molecule has 3 unspecified atom stereocenters. The fourth-order valence-corrected chi connectivity index (χ4v) is 1.81. The van der Waals surface area contributed by atoms with E-state index in [0.717, 1.165) is 19.4 Å². The highest BCUT2D eigenvalue weighted by Gasteiger charge is 2.24. The Morgan fingerprint density at radius 1 is 1.50 bits per heavy atom. The summed E-state index contributed by atoms with van der Waals surface area (Å²) in [7, 11) is 0. The van der Waals surface area contributed by atoms with Crippen molar-refractivity contribution in [3.8, 4) is 0 Å². The SMILES string of the molecule is CCC(C)C(O)C1CCCCN1. The van der Waals surface area contributed by atoms with Gasteiger partial charge in [-0.3, -0.25) is 0 Å². The summed E-state index contributed by atoms with van der Waals surface area (Å²) in [6.45, 7) is 5.34. The highest BCUT2D eigenvalue weighted by atomic mass is 16.3. The molecule has 3 atom stereocenters. The molecular formula is C10H21NO. The van der Waals surface area contributed by atoms with Gasteiger partial charge < -0.3 is 10.4 Å². The molecule has 0 aromatic rings. The third-order valence-corrected chi connectivity index (χ3v) is 2.99. The maximum atomic E-state index is 9.88. The lowest BCUT2D eigenvalue weighted by molar-refractivity contribution is 0.0636. The minimum absolute atomic E-state index is 0.143. The monoisotopic (exact) mass is 171 g/mol. The van der Waals surface area contributed by atoms with Crippen LogP contribution in [0.4, 0.5) is 0 Å². The highest BCUT2D eigenvalue weighted by Crippen LogP contribution is 2.17. The average Bonchev–Trinajstić information content (AvgIpc) is 2.17. The van der Waals surface area contributed by atoms with Gasteiger partial charge in [0.15, 0.2) is 0 Å². The Hall–Kier alpha value is -0.0800. The molecule has 0 radical (unpaired) electrons. The van der Waals surface area contributed by atoms with Gasteiger partial charge in [-0.2, -0.15) is 0 Å². The smallest absolute Gasteiger partial charge is 0.0718 e. The maximum absolute atomic E-state index is 9.88.